The second-order valence-corrected chi connectivity index (χ2v) is 10.9. The van der Waals surface area contributed by atoms with Crippen LogP contribution >= 0.6 is 0 Å². The Morgan fingerprint density at radius 3 is 2.62 bits per heavy atom. The van der Waals surface area contributed by atoms with Crippen LogP contribution in [0.1, 0.15) is 67.3 Å². The van der Waals surface area contributed by atoms with Gasteiger partial charge in [-0.15, -0.1) is 0 Å². The summed E-state index contributed by atoms with van der Waals surface area (Å²) in [6.45, 7) is 8.45. The SMILES string of the molecule is C=C1CCC(N2Cc3cc(O[C@H]4CCCC[C@H]4N4CCC5(CC4)COC5)ccc3C2=O)C(=O)N1. The molecule has 1 aromatic carbocycles. The summed E-state index contributed by atoms with van der Waals surface area (Å²) in [5.41, 5.74) is 2.82. The number of nitrogens with one attached hydrogen (secondary N) is 1. The van der Waals surface area contributed by atoms with E-state index in [-0.39, 0.29) is 17.9 Å². The van der Waals surface area contributed by atoms with E-state index in [4.69, 9.17) is 9.47 Å². The maximum absolute atomic E-state index is 13.0. The number of hydrogen-bond donors (Lipinski definition) is 1. The third kappa shape index (κ3) is 3.93. The van der Waals surface area contributed by atoms with E-state index >= 15 is 0 Å². The van der Waals surface area contributed by atoms with Crippen molar-refractivity contribution in [2.45, 2.75) is 76.1 Å². The van der Waals surface area contributed by atoms with Crippen molar-refractivity contribution >= 4 is 11.8 Å². The maximum atomic E-state index is 13.0. The molecule has 7 heteroatoms. The highest BCUT2D eigenvalue weighted by Gasteiger charge is 2.44. The van der Waals surface area contributed by atoms with Crippen molar-refractivity contribution in [2.75, 3.05) is 26.3 Å². The van der Waals surface area contributed by atoms with Gasteiger partial charge in [-0.2, -0.15) is 0 Å². The number of ether oxygens (including phenoxy) is 2. The Kier molecular flexibility index (Phi) is 5.65. The summed E-state index contributed by atoms with van der Waals surface area (Å²) in [5, 5.41) is 2.80. The van der Waals surface area contributed by atoms with E-state index in [2.05, 4.69) is 16.8 Å². The van der Waals surface area contributed by atoms with Gasteiger partial charge >= 0.3 is 0 Å². The van der Waals surface area contributed by atoms with Gasteiger partial charge in [0.1, 0.15) is 17.9 Å². The first-order valence-electron chi connectivity index (χ1n) is 12.9. The number of allylic oxidation sites excluding steroid dienone is 1. The van der Waals surface area contributed by atoms with Crippen molar-refractivity contribution in [1.82, 2.24) is 15.1 Å². The van der Waals surface area contributed by atoms with Crippen LogP contribution in [-0.4, -0.2) is 66.1 Å². The topological polar surface area (TPSA) is 71.1 Å². The molecule has 0 aromatic heterocycles. The summed E-state index contributed by atoms with van der Waals surface area (Å²) in [5.74, 6) is 0.648. The lowest BCUT2D eigenvalue weighted by Gasteiger charge is -2.50. The van der Waals surface area contributed by atoms with Crippen LogP contribution in [0.4, 0.5) is 0 Å². The van der Waals surface area contributed by atoms with E-state index in [1.165, 1.54) is 32.1 Å². The summed E-state index contributed by atoms with van der Waals surface area (Å²) >= 11 is 0. The molecular formula is C27H35N3O4. The minimum atomic E-state index is -0.430. The molecule has 1 saturated carbocycles. The van der Waals surface area contributed by atoms with Gasteiger partial charge in [0.2, 0.25) is 5.91 Å². The van der Waals surface area contributed by atoms with Crippen molar-refractivity contribution in [3.8, 4) is 5.75 Å². The standard InChI is InChI=1S/C27H35N3O4/c1-18-6-9-23(25(31)28-18)30-15-19-14-20(7-8-21(19)26(30)32)34-24-5-3-2-4-22(24)29-12-10-27(11-13-29)16-33-17-27/h7-8,14,22-24H,1-6,9-13,15-17H2,(H,28,31)/t22-,23?,24+/m1/s1. The molecule has 1 N–H and O–H groups in total. The summed E-state index contributed by atoms with van der Waals surface area (Å²) in [4.78, 5) is 29.9. The molecule has 7 nitrogen and oxygen atoms in total. The molecule has 0 radical (unpaired) electrons. The Morgan fingerprint density at radius 2 is 1.88 bits per heavy atom. The number of benzene rings is 1. The Labute approximate surface area is 201 Å². The number of piperidine rings is 2. The Hall–Kier alpha value is -2.38. The van der Waals surface area contributed by atoms with Crippen LogP contribution in [-0.2, 0) is 16.1 Å². The zero-order valence-corrected chi connectivity index (χ0v) is 19.9. The van der Waals surface area contributed by atoms with Crippen LogP contribution in [0.25, 0.3) is 0 Å². The third-order valence-electron chi connectivity index (χ3n) is 8.71. The minimum absolute atomic E-state index is 0.0630. The number of rotatable bonds is 4. The van der Waals surface area contributed by atoms with E-state index in [9.17, 15) is 9.59 Å². The lowest BCUT2D eigenvalue weighted by atomic mass is 9.76. The highest BCUT2D eigenvalue weighted by Crippen LogP contribution is 2.40. The second-order valence-electron chi connectivity index (χ2n) is 10.9. The lowest BCUT2D eigenvalue weighted by Crippen LogP contribution is -2.56. The molecule has 4 aliphatic heterocycles. The smallest absolute Gasteiger partial charge is 0.255 e. The Bertz CT molecular complexity index is 994. The fourth-order valence-electron chi connectivity index (χ4n) is 6.52. The monoisotopic (exact) mass is 465 g/mol. The van der Waals surface area contributed by atoms with Crippen molar-refractivity contribution in [2.24, 2.45) is 5.41 Å². The summed E-state index contributed by atoms with van der Waals surface area (Å²) in [6.07, 6.45) is 8.70. The fourth-order valence-corrected chi connectivity index (χ4v) is 6.52. The van der Waals surface area contributed by atoms with Gasteiger partial charge in [0.15, 0.2) is 0 Å². The van der Waals surface area contributed by atoms with Crippen LogP contribution in [0.3, 0.4) is 0 Å². The van der Waals surface area contributed by atoms with Gasteiger partial charge < -0.3 is 19.7 Å². The van der Waals surface area contributed by atoms with Crippen molar-refractivity contribution < 1.29 is 19.1 Å². The molecule has 1 aliphatic carbocycles. The first kappa shape index (κ1) is 22.1. The predicted octanol–water partition coefficient (Wildman–Crippen LogP) is 3.24. The molecule has 1 unspecified atom stereocenters. The molecule has 3 atom stereocenters. The first-order valence-corrected chi connectivity index (χ1v) is 12.9. The zero-order valence-electron chi connectivity index (χ0n) is 19.9. The average molecular weight is 466 g/mol. The maximum Gasteiger partial charge on any atom is 0.255 e. The summed E-state index contributed by atoms with van der Waals surface area (Å²) < 4.78 is 12.1. The summed E-state index contributed by atoms with van der Waals surface area (Å²) in [7, 11) is 0. The predicted molar refractivity (Wildman–Crippen MR) is 127 cm³/mol. The largest absolute Gasteiger partial charge is 0.489 e. The molecule has 4 fully saturated rings. The average Bonchev–Trinajstić information content (AvgIpc) is 3.14. The zero-order chi connectivity index (χ0) is 23.3. The molecule has 182 valence electrons. The van der Waals surface area contributed by atoms with Crippen LogP contribution in [0.15, 0.2) is 30.5 Å². The van der Waals surface area contributed by atoms with Gasteiger partial charge in [-0.3, -0.25) is 14.5 Å². The van der Waals surface area contributed by atoms with Gasteiger partial charge in [-0.1, -0.05) is 13.0 Å². The van der Waals surface area contributed by atoms with E-state index in [1.54, 1.807) is 4.90 Å². The minimum Gasteiger partial charge on any atom is -0.489 e. The molecule has 0 bridgehead atoms. The van der Waals surface area contributed by atoms with Gasteiger partial charge in [-0.05, 0) is 81.8 Å². The van der Waals surface area contributed by atoms with Crippen molar-refractivity contribution in [3.05, 3.63) is 41.6 Å². The van der Waals surface area contributed by atoms with Gasteiger partial charge in [0, 0.05) is 29.3 Å². The van der Waals surface area contributed by atoms with Crippen LogP contribution < -0.4 is 10.1 Å². The van der Waals surface area contributed by atoms with Gasteiger partial charge in [-0.25, -0.2) is 0 Å². The van der Waals surface area contributed by atoms with E-state index in [1.807, 2.05) is 18.2 Å². The second kappa shape index (κ2) is 8.68. The Morgan fingerprint density at radius 1 is 1.09 bits per heavy atom. The Balaban J connectivity index is 1.13. The number of fused-ring (bicyclic) bond motifs is 1. The number of hydrogen-bond acceptors (Lipinski definition) is 5. The molecule has 6 rings (SSSR count). The van der Waals surface area contributed by atoms with Crippen molar-refractivity contribution in [1.29, 1.82) is 0 Å². The fraction of sp³-hybridized carbons (Fsp3) is 0.630. The molecule has 3 saturated heterocycles. The molecule has 1 spiro atoms. The quantitative estimate of drug-likeness (QED) is 0.739. The number of carbonyl (C=O) groups excluding carboxylic acids is 2. The van der Waals surface area contributed by atoms with Crippen LogP contribution in [0, 0.1) is 5.41 Å². The van der Waals surface area contributed by atoms with E-state index < -0.39 is 6.04 Å². The number of amides is 2. The van der Waals surface area contributed by atoms with Gasteiger partial charge in [0.25, 0.3) is 5.91 Å². The first-order chi connectivity index (χ1) is 16.5. The van der Waals surface area contributed by atoms with Crippen LogP contribution in [0.5, 0.6) is 5.75 Å². The molecule has 5 aliphatic rings. The van der Waals surface area contributed by atoms with Crippen LogP contribution in [0.2, 0.25) is 0 Å². The number of carbonyl (C=O) groups is 2. The molecule has 34 heavy (non-hydrogen) atoms. The third-order valence-corrected chi connectivity index (χ3v) is 8.71. The highest BCUT2D eigenvalue weighted by atomic mass is 16.5. The molecular weight excluding hydrogens is 430 g/mol. The normalized spacial score (nSPS) is 31.2. The highest BCUT2D eigenvalue weighted by molar-refractivity contribution is 6.01. The van der Waals surface area contributed by atoms with E-state index in [0.717, 1.165) is 49.7 Å². The van der Waals surface area contributed by atoms with E-state index in [0.29, 0.717) is 36.4 Å². The molecule has 1 aromatic rings. The van der Waals surface area contributed by atoms with Gasteiger partial charge in [0.05, 0.1) is 13.2 Å². The van der Waals surface area contributed by atoms with Crippen molar-refractivity contribution in [3.63, 3.8) is 0 Å². The summed E-state index contributed by atoms with van der Waals surface area (Å²) in [6, 6.07) is 5.87. The molecule has 2 amide bonds. The molecule has 4 heterocycles. The lowest BCUT2D eigenvalue weighted by molar-refractivity contribution is -0.146. The number of nitrogens with zero attached hydrogens (tertiary/aromatic N) is 2. The number of likely N-dealkylation sites (tertiary alicyclic amines) is 1.